The molecule has 1 aliphatic rings. The van der Waals surface area contributed by atoms with E-state index in [-0.39, 0.29) is 25.4 Å². The molecule has 3 rings (SSSR count). The van der Waals surface area contributed by atoms with Crippen molar-refractivity contribution in [1.29, 1.82) is 0 Å². The van der Waals surface area contributed by atoms with Crippen LogP contribution >= 0.6 is 0 Å². The molecule has 9 heteroatoms. The molecule has 0 aliphatic heterocycles. The Balaban J connectivity index is 1.33. The van der Waals surface area contributed by atoms with Crippen LogP contribution in [0.15, 0.2) is 22.7 Å². The first-order valence-corrected chi connectivity index (χ1v) is 7.54. The van der Waals surface area contributed by atoms with Crippen LogP contribution in [-0.2, 0) is 6.54 Å². The van der Waals surface area contributed by atoms with Gasteiger partial charge in [-0.25, -0.2) is 13.6 Å². The highest BCUT2D eigenvalue weighted by Crippen LogP contribution is 2.38. The monoisotopic (exact) mass is 338 g/mol. The molecule has 2 amide bonds. The fourth-order valence-electron chi connectivity index (χ4n) is 1.98. The summed E-state index contributed by atoms with van der Waals surface area (Å²) in [7, 11) is 0. The largest absolute Gasteiger partial charge is 0.489 e. The van der Waals surface area contributed by atoms with Crippen molar-refractivity contribution in [3.8, 4) is 5.75 Å². The molecule has 1 fully saturated rings. The van der Waals surface area contributed by atoms with Crippen LogP contribution in [0.2, 0.25) is 0 Å². The zero-order valence-corrected chi connectivity index (χ0v) is 12.7. The fourth-order valence-corrected chi connectivity index (χ4v) is 1.98. The zero-order chi connectivity index (χ0) is 16.9. The Morgan fingerprint density at radius 3 is 2.92 bits per heavy atom. The molecule has 0 bridgehead atoms. The summed E-state index contributed by atoms with van der Waals surface area (Å²) in [6.07, 6.45) is 2.14. The van der Waals surface area contributed by atoms with Crippen molar-refractivity contribution in [2.45, 2.75) is 25.3 Å². The first kappa shape index (κ1) is 16.2. The van der Waals surface area contributed by atoms with E-state index in [1.54, 1.807) is 0 Å². The van der Waals surface area contributed by atoms with Crippen molar-refractivity contribution in [2.75, 3.05) is 13.2 Å². The molecule has 2 N–H and O–H groups in total. The molecule has 1 heterocycles. The molecular weight excluding hydrogens is 322 g/mol. The van der Waals surface area contributed by atoms with Gasteiger partial charge in [0.05, 0.1) is 13.1 Å². The molecule has 0 radical (unpaired) electrons. The van der Waals surface area contributed by atoms with E-state index in [4.69, 9.17) is 9.26 Å². The smallest absolute Gasteiger partial charge is 0.315 e. The van der Waals surface area contributed by atoms with Crippen LogP contribution in [0.4, 0.5) is 13.6 Å². The Morgan fingerprint density at radius 1 is 1.33 bits per heavy atom. The summed E-state index contributed by atoms with van der Waals surface area (Å²) in [6.45, 7) is 0.321. The van der Waals surface area contributed by atoms with Gasteiger partial charge >= 0.3 is 6.03 Å². The molecule has 24 heavy (non-hydrogen) atoms. The maximum Gasteiger partial charge on any atom is 0.315 e. The number of benzene rings is 1. The second-order valence-corrected chi connectivity index (χ2v) is 5.35. The van der Waals surface area contributed by atoms with E-state index in [0.29, 0.717) is 17.6 Å². The molecule has 0 unspecified atom stereocenters. The first-order valence-electron chi connectivity index (χ1n) is 7.54. The van der Waals surface area contributed by atoms with Crippen LogP contribution in [0.3, 0.4) is 0 Å². The van der Waals surface area contributed by atoms with Gasteiger partial charge in [0.2, 0.25) is 5.89 Å². The Hall–Kier alpha value is -2.71. The average molecular weight is 338 g/mol. The Kier molecular flexibility index (Phi) is 4.88. The number of aromatic nitrogens is 2. The molecule has 2 aromatic rings. The topological polar surface area (TPSA) is 89.3 Å². The number of carbonyl (C=O) groups is 1. The van der Waals surface area contributed by atoms with Crippen LogP contribution < -0.4 is 15.4 Å². The summed E-state index contributed by atoms with van der Waals surface area (Å²) in [4.78, 5) is 15.8. The standard InChI is InChI=1S/C15H16F2N4O3/c16-10-3-4-12(11(17)7-10)23-6-5-18-15(22)19-8-13-20-14(21-24-13)9-1-2-9/h3-4,7,9H,1-2,5-6,8H2,(H2,18,19,22). The average Bonchev–Trinajstić information content (AvgIpc) is 3.30. The lowest BCUT2D eigenvalue weighted by Gasteiger charge is -2.08. The minimum atomic E-state index is -0.790. The molecule has 1 aliphatic carbocycles. The van der Waals surface area contributed by atoms with Crippen LogP contribution in [0.5, 0.6) is 5.75 Å². The number of carbonyl (C=O) groups excluding carboxylic acids is 1. The third kappa shape index (κ3) is 4.40. The molecule has 1 aromatic carbocycles. The number of amides is 2. The van der Waals surface area contributed by atoms with Gasteiger partial charge in [0.1, 0.15) is 12.4 Å². The van der Waals surface area contributed by atoms with Crippen molar-refractivity contribution in [3.63, 3.8) is 0 Å². The summed E-state index contributed by atoms with van der Waals surface area (Å²) in [5, 5.41) is 8.94. The molecule has 0 atom stereocenters. The minimum absolute atomic E-state index is 0.0440. The second-order valence-electron chi connectivity index (χ2n) is 5.35. The number of halogens is 2. The molecule has 0 spiro atoms. The minimum Gasteiger partial charge on any atom is -0.489 e. The van der Waals surface area contributed by atoms with E-state index in [1.165, 1.54) is 6.07 Å². The van der Waals surface area contributed by atoms with Gasteiger partial charge in [0.15, 0.2) is 17.4 Å². The number of rotatable bonds is 7. The highest BCUT2D eigenvalue weighted by molar-refractivity contribution is 5.73. The maximum absolute atomic E-state index is 13.3. The lowest BCUT2D eigenvalue weighted by molar-refractivity contribution is 0.233. The van der Waals surface area contributed by atoms with Gasteiger partial charge in [-0.3, -0.25) is 0 Å². The SMILES string of the molecule is O=C(NCCOc1ccc(F)cc1F)NCc1nc(C2CC2)no1. The molecule has 128 valence electrons. The summed E-state index contributed by atoms with van der Waals surface area (Å²) >= 11 is 0. The quantitative estimate of drug-likeness (QED) is 0.755. The molecular formula is C15H16F2N4O3. The molecule has 1 saturated carbocycles. The number of nitrogens with one attached hydrogen (secondary N) is 2. The van der Waals surface area contributed by atoms with Crippen molar-refractivity contribution in [2.24, 2.45) is 0 Å². The maximum atomic E-state index is 13.3. The number of hydrogen-bond acceptors (Lipinski definition) is 5. The number of urea groups is 1. The van der Waals surface area contributed by atoms with Crippen LogP contribution in [0.25, 0.3) is 0 Å². The van der Waals surface area contributed by atoms with E-state index in [9.17, 15) is 13.6 Å². The van der Waals surface area contributed by atoms with Gasteiger partial charge in [0, 0.05) is 12.0 Å². The highest BCUT2D eigenvalue weighted by Gasteiger charge is 2.28. The zero-order valence-electron chi connectivity index (χ0n) is 12.7. The van der Waals surface area contributed by atoms with Gasteiger partial charge in [-0.2, -0.15) is 4.98 Å². The summed E-state index contributed by atoms with van der Waals surface area (Å²) in [5.41, 5.74) is 0. The lowest BCUT2D eigenvalue weighted by atomic mass is 10.3. The van der Waals surface area contributed by atoms with Gasteiger partial charge in [-0.1, -0.05) is 5.16 Å². The summed E-state index contributed by atoms with van der Waals surface area (Å²) < 4.78 is 36.2. The predicted octanol–water partition coefficient (Wildman–Crippen LogP) is 2.10. The van der Waals surface area contributed by atoms with Crippen molar-refractivity contribution in [3.05, 3.63) is 41.5 Å². The Bertz CT molecular complexity index is 718. The van der Waals surface area contributed by atoms with Gasteiger partial charge in [0.25, 0.3) is 0 Å². The lowest BCUT2D eigenvalue weighted by Crippen LogP contribution is -2.37. The van der Waals surface area contributed by atoms with E-state index < -0.39 is 17.7 Å². The Morgan fingerprint density at radius 2 is 2.17 bits per heavy atom. The third-order valence-corrected chi connectivity index (χ3v) is 3.37. The van der Waals surface area contributed by atoms with Crippen LogP contribution in [0.1, 0.15) is 30.5 Å². The van der Waals surface area contributed by atoms with Gasteiger partial charge < -0.3 is 19.9 Å². The number of hydrogen-bond donors (Lipinski definition) is 2. The summed E-state index contributed by atoms with van der Waals surface area (Å²) in [5.74, 6) is -0.124. The van der Waals surface area contributed by atoms with E-state index in [2.05, 4.69) is 20.8 Å². The second kappa shape index (κ2) is 7.24. The highest BCUT2D eigenvalue weighted by atomic mass is 19.1. The van der Waals surface area contributed by atoms with E-state index >= 15 is 0 Å². The van der Waals surface area contributed by atoms with Crippen LogP contribution in [0, 0.1) is 11.6 Å². The predicted molar refractivity (Wildman–Crippen MR) is 78.4 cm³/mol. The van der Waals surface area contributed by atoms with E-state index in [1.807, 2.05) is 0 Å². The van der Waals surface area contributed by atoms with Gasteiger partial charge in [-0.15, -0.1) is 0 Å². The summed E-state index contributed by atoms with van der Waals surface area (Å²) in [6, 6.07) is 2.58. The number of ether oxygens (including phenoxy) is 1. The molecule has 0 saturated heterocycles. The van der Waals surface area contributed by atoms with Gasteiger partial charge in [-0.05, 0) is 25.0 Å². The normalized spacial score (nSPS) is 13.6. The van der Waals surface area contributed by atoms with Crippen LogP contribution in [-0.4, -0.2) is 29.3 Å². The molecule has 7 nitrogen and oxygen atoms in total. The molecule has 1 aromatic heterocycles. The first-order chi connectivity index (χ1) is 11.6. The van der Waals surface area contributed by atoms with Crippen molar-refractivity contribution in [1.82, 2.24) is 20.8 Å². The van der Waals surface area contributed by atoms with Crippen molar-refractivity contribution < 1.29 is 22.8 Å². The fraction of sp³-hybridized carbons (Fsp3) is 0.400. The Labute approximate surface area is 136 Å². The van der Waals surface area contributed by atoms with E-state index in [0.717, 1.165) is 25.0 Å². The number of nitrogens with zero attached hydrogens (tertiary/aromatic N) is 2. The third-order valence-electron chi connectivity index (χ3n) is 3.37. The van der Waals surface area contributed by atoms with Crippen molar-refractivity contribution >= 4 is 6.03 Å².